The zero-order valence-corrected chi connectivity index (χ0v) is 14.9. The van der Waals surface area contributed by atoms with E-state index >= 15 is 0 Å². The van der Waals surface area contributed by atoms with Gasteiger partial charge in [-0.2, -0.15) is 0 Å². The number of hydrogen-bond acceptors (Lipinski definition) is 3. The number of nitrogens with one attached hydrogen (secondary N) is 1. The van der Waals surface area contributed by atoms with E-state index in [2.05, 4.69) is 22.4 Å². The van der Waals surface area contributed by atoms with Gasteiger partial charge in [0, 0.05) is 25.5 Å². The normalized spacial score (nSPS) is 10.3. The van der Waals surface area contributed by atoms with E-state index in [1.54, 1.807) is 6.20 Å². The zero-order chi connectivity index (χ0) is 18.2. The van der Waals surface area contributed by atoms with Crippen LogP contribution < -0.4 is 10.2 Å². The third kappa shape index (κ3) is 4.70. The number of rotatable bonds is 7. The van der Waals surface area contributed by atoms with Gasteiger partial charge < -0.3 is 10.2 Å². The van der Waals surface area contributed by atoms with Crippen LogP contribution in [0, 0.1) is 0 Å². The van der Waals surface area contributed by atoms with E-state index in [-0.39, 0.29) is 5.91 Å². The molecule has 3 aromatic rings. The van der Waals surface area contributed by atoms with E-state index in [1.807, 2.05) is 72.6 Å². The topological polar surface area (TPSA) is 45.2 Å². The highest BCUT2D eigenvalue weighted by molar-refractivity contribution is 5.94. The van der Waals surface area contributed by atoms with Crippen molar-refractivity contribution in [1.82, 2.24) is 10.3 Å². The molecule has 26 heavy (non-hydrogen) atoms. The fraction of sp³-hybridized carbons (Fsp3) is 0.182. The average Bonchev–Trinajstić information content (AvgIpc) is 2.72. The van der Waals surface area contributed by atoms with Crippen LogP contribution in [0.5, 0.6) is 0 Å². The summed E-state index contributed by atoms with van der Waals surface area (Å²) in [6.07, 6.45) is 3.50. The molecule has 4 heteroatoms. The number of pyridine rings is 1. The first-order valence-corrected chi connectivity index (χ1v) is 8.81. The van der Waals surface area contributed by atoms with Crippen LogP contribution in [0.3, 0.4) is 0 Å². The standard InChI is InChI=1S/C22H23N3O/c1-25(20-12-6-3-7-13-20)21-15-14-19(17-24-21)22(26)23-16-8-11-18-9-4-2-5-10-18/h2-7,9-10,12-15,17H,8,11,16H2,1H3,(H,23,26). The summed E-state index contributed by atoms with van der Waals surface area (Å²) in [6, 6.07) is 24.0. The van der Waals surface area contributed by atoms with Gasteiger partial charge in [-0.05, 0) is 42.7 Å². The van der Waals surface area contributed by atoms with E-state index in [0.29, 0.717) is 12.1 Å². The summed E-state index contributed by atoms with van der Waals surface area (Å²) in [5, 5.41) is 2.96. The molecule has 0 atom stereocenters. The van der Waals surface area contributed by atoms with Gasteiger partial charge in [-0.1, -0.05) is 48.5 Å². The molecule has 1 aromatic heterocycles. The van der Waals surface area contributed by atoms with Gasteiger partial charge in [0.05, 0.1) is 5.56 Å². The number of para-hydroxylation sites is 1. The van der Waals surface area contributed by atoms with Crippen molar-refractivity contribution in [2.45, 2.75) is 12.8 Å². The molecular formula is C22H23N3O. The highest BCUT2D eigenvalue weighted by Gasteiger charge is 2.08. The molecule has 0 aliphatic rings. The van der Waals surface area contributed by atoms with Gasteiger partial charge in [0.25, 0.3) is 5.91 Å². The Morgan fingerprint density at radius 2 is 1.65 bits per heavy atom. The van der Waals surface area contributed by atoms with Crippen LogP contribution in [-0.2, 0) is 6.42 Å². The van der Waals surface area contributed by atoms with Crippen molar-refractivity contribution >= 4 is 17.4 Å². The minimum Gasteiger partial charge on any atom is -0.352 e. The van der Waals surface area contributed by atoms with Crippen molar-refractivity contribution in [3.63, 3.8) is 0 Å². The molecule has 132 valence electrons. The highest BCUT2D eigenvalue weighted by Crippen LogP contribution is 2.20. The first-order chi connectivity index (χ1) is 12.7. The Balaban J connectivity index is 1.50. The largest absolute Gasteiger partial charge is 0.352 e. The molecule has 1 heterocycles. The average molecular weight is 345 g/mol. The molecular weight excluding hydrogens is 322 g/mol. The summed E-state index contributed by atoms with van der Waals surface area (Å²) in [7, 11) is 1.96. The van der Waals surface area contributed by atoms with Crippen LogP contribution in [0.25, 0.3) is 0 Å². The maximum Gasteiger partial charge on any atom is 0.252 e. The molecule has 0 aliphatic heterocycles. The van der Waals surface area contributed by atoms with Crippen molar-refractivity contribution in [1.29, 1.82) is 0 Å². The van der Waals surface area contributed by atoms with Crippen molar-refractivity contribution in [3.8, 4) is 0 Å². The summed E-state index contributed by atoms with van der Waals surface area (Å²) in [5.41, 5.74) is 2.92. The van der Waals surface area contributed by atoms with Crippen LogP contribution in [0.1, 0.15) is 22.3 Å². The molecule has 0 bridgehead atoms. The highest BCUT2D eigenvalue weighted by atomic mass is 16.1. The fourth-order valence-corrected chi connectivity index (χ4v) is 2.74. The third-order valence-corrected chi connectivity index (χ3v) is 4.27. The number of carbonyl (C=O) groups is 1. The summed E-state index contributed by atoms with van der Waals surface area (Å²) >= 11 is 0. The Labute approximate surface area is 154 Å². The minimum absolute atomic E-state index is 0.0838. The zero-order valence-electron chi connectivity index (χ0n) is 14.9. The Morgan fingerprint density at radius 3 is 2.31 bits per heavy atom. The SMILES string of the molecule is CN(c1ccccc1)c1ccc(C(=O)NCCCc2ccccc2)cn1. The summed E-state index contributed by atoms with van der Waals surface area (Å²) in [6.45, 7) is 0.652. The van der Waals surface area contributed by atoms with Crippen LogP contribution >= 0.6 is 0 Å². The number of aromatic nitrogens is 1. The van der Waals surface area contributed by atoms with Gasteiger partial charge in [-0.25, -0.2) is 4.98 Å². The van der Waals surface area contributed by atoms with E-state index in [1.165, 1.54) is 5.56 Å². The number of hydrogen-bond donors (Lipinski definition) is 1. The Morgan fingerprint density at radius 1 is 0.962 bits per heavy atom. The Bertz CT molecular complexity index is 817. The van der Waals surface area contributed by atoms with Gasteiger partial charge in [-0.3, -0.25) is 4.79 Å². The minimum atomic E-state index is -0.0838. The van der Waals surface area contributed by atoms with E-state index < -0.39 is 0 Å². The van der Waals surface area contributed by atoms with Crippen molar-refractivity contribution in [2.75, 3.05) is 18.5 Å². The van der Waals surface area contributed by atoms with E-state index in [4.69, 9.17) is 0 Å². The number of nitrogens with zero attached hydrogens (tertiary/aromatic N) is 2. The fourth-order valence-electron chi connectivity index (χ4n) is 2.74. The van der Waals surface area contributed by atoms with Gasteiger partial charge in [0.2, 0.25) is 0 Å². The molecule has 1 N–H and O–H groups in total. The maximum absolute atomic E-state index is 12.2. The first-order valence-electron chi connectivity index (χ1n) is 8.81. The molecule has 0 saturated carbocycles. The molecule has 0 saturated heterocycles. The van der Waals surface area contributed by atoms with Crippen molar-refractivity contribution < 1.29 is 4.79 Å². The molecule has 3 rings (SSSR count). The molecule has 0 fully saturated rings. The van der Waals surface area contributed by atoms with Crippen molar-refractivity contribution in [2.24, 2.45) is 0 Å². The summed E-state index contributed by atoms with van der Waals surface area (Å²) < 4.78 is 0. The molecule has 0 radical (unpaired) electrons. The number of aryl methyl sites for hydroxylation is 1. The molecule has 0 unspecified atom stereocenters. The lowest BCUT2D eigenvalue weighted by Gasteiger charge is -2.18. The van der Waals surface area contributed by atoms with Crippen LogP contribution in [0.2, 0.25) is 0 Å². The summed E-state index contributed by atoms with van der Waals surface area (Å²) in [4.78, 5) is 18.6. The van der Waals surface area contributed by atoms with Gasteiger partial charge >= 0.3 is 0 Å². The number of anilines is 2. The Kier molecular flexibility index (Phi) is 5.99. The number of benzene rings is 2. The van der Waals surface area contributed by atoms with Crippen molar-refractivity contribution in [3.05, 3.63) is 90.1 Å². The summed E-state index contributed by atoms with van der Waals surface area (Å²) in [5.74, 6) is 0.719. The first kappa shape index (κ1) is 17.7. The van der Waals surface area contributed by atoms with E-state index in [0.717, 1.165) is 24.3 Å². The molecule has 4 nitrogen and oxygen atoms in total. The van der Waals surface area contributed by atoms with Gasteiger partial charge in [0.15, 0.2) is 0 Å². The molecule has 1 amide bonds. The van der Waals surface area contributed by atoms with Gasteiger partial charge in [0.1, 0.15) is 5.82 Å². The van der Waals surface area contributed by atoms with Crippen LogP contribution in [0.4, 0.5) is 11.5 Å². The monoisotopic (exact) mass is 345 g/mol. The molecule has 0 spiro atoms. The lowest BCUT2D eigenvalue weighted by Crippen LogP contribution is -2.25. The van der Waals surface area contributed by atoms with Crippen LogP contribution in [0.15, 0.2) is 79.0 Å². The quantitative estimate of drug-likeness (QED) is 0.652. The molecule has 0 aliphatic carbocycles. The molecule has 2 aromatic carbocycles. The lowest BCUT2D eigenvalue weighted by molar-refractivity contribution is 0.0953. The lowest BCUT2D eigenvalue weighted by atomic mass is 10.1. The maximum atomic E-state index is 12.2. The number of amides is 1. The number of carbonyl (C=O) groups excluding carboxylic acids is 1. The third-order valence-electron chi connectivity index (χ3n) is 4.27. The second-order valence-corrected chi connectivity index (χ2v) is 6.14. The predicted molar refractivity (Wildman–Crippen MR) is 106 cm³/mol. The van der Waals surface area contributed by atoms with E-state index in [9.17, 15) is 4.79 Å². The van der Waals surface area contributed by atoms with Crippen LogP contribution in [-0.4, -0.2) is 24.5 Å². The Hall–Kier alpha value is -3.14. The predicted octanol–water partition coefficient (Wildman–Crippen LogP) is 4.21. The smallest absolute Gasteiger partial charge is 0.252 e. The second-order valence-electron chi connectivity index (χ2n) is 6.14. The van der Waals surface area contributed by atoms with Gasteiger partial charge in [-0.15, -0.1) is 0 Å². The second kappa shape index (κ2) is 8.81.